The van der Waals surface area contributed by atoms with Crippen LogP contribution in [0.15, 0.2) is 24.3 Å². The molecule has 0 aliphatic rings. The lowest BCUT2D eigenvalue weighted by molar-refractivity contribution is -0.00000451. The number of rotatable bonds is 5. The first kappa shape index (κ1) is 15.2. The molecule has 16 heavy (non-hydrogen) atoms. The van der Waals surface area contributed by atoms with E-state index < -0.39 is 0 Å². The minimum atomic E-state index is -0.236. The van der Waals surface area contributed by atoms with Crippen LogP contribution in [0.1, 0.15) is 19.4 Å². The summed E-state index contributed by atoms with van der Waals surface area (Å²) in [5, 5.41) is 12.3. The number of halogens is 1. The highest BCUT2D eigenvalue weighted by Gasteiger charge is 2.14. The van der Waals surface area contributed by atoms with E-state index in [9.17, 15) is 0 Å². The standard InChI is InChI=1S/C12H19NO2.ClH/c1-12(2,9-14)13-8-10-4-6-11(15-3)7-5-10;/h4-7,13-14H,8-9H2,1-3H3;1H/p-1. The third-order valence-electron chi connectivity index (χ3n) is 2.33. The molecule has 0 heterocycles. The quantitative estimate of drug-likeness (QED) is 0.667. The van der Waals surface area contributed by atoms with E-state index in [2.05, 4.69) is 5.32 Å². The Labute approximate surface area is 103 Å². The number of hydrogen-bond donors (Lipinski definition) is 2. The lowest BCUT2D eigenvalue weighted by atomic mass is 10.1. The van der Waals surface area contributed by atoms with E-state index >= 15 is 0 Å². The molecule has 0 radical (unpaired) electrons. The van der Waals surface area contributed by atoms with E-state index in [0.717, 1.165) is 12.3 Å². The van der Waals surface area contributed by atoms with E-state index in [1.807, 2.05) is 38.1 Å². The Morgan fingerprint density at radius 2 is 1.81 bits per heavy atom. The summed E-state index contributed by atoms with van der Waals surface area (Å²) in [5.74, 6) is 0.861. The van der Waals surface area contributed by atoms with Crippen molar-refractivity contribution >= 4 is 0 Å². The number of aliphatic hydroxyl groups is 1. The third kappa shape index (κ3) is 4.84. The third-order valence-corrected chi connectivity index (χ3v) is 2.33. The molecule has 0 saturated heterocycles. The summed E-state index contributed by atoms with van der Waals surface area (Å²) in [7, 11) is 1.65. The van der Waals surface area contributed by atoms with Crippen molar-refractivity contribution in [3.63, 3.8) is 0 Å². The first-order chi connectivity index (χ1) is 7.07. The van der Waals surface area contributed by atoms with Crippen molar-refractivity contribution in [2.45, 2.75) is 25.9 Å². The predicted octanol–water partition coefficient (Wildman–Crippen LogP) is -1.44. The van der Waals surface area contributed by atoms with Crippen LogP contribution in [0.5, 0.6) is 5.75 Å². The zero-order valence-corrected chi connectivity index (χ0v) is 10.7. The highest BCUT2D eigenvalue weighted by atomic mass is 35.5. The highest BCUT2D eigenvalue weighted by molar-refractivity contribution is 5.27. The number of ether oxygens (including phenoxy) is 1. The number of hydrogen-bond acceptors (Lipinski definition) is 3. The molecular weight excluding hydrogens is 226 g/mol. The van der Waals surface area contributed by atoms with Crippen LogP contribution in [0.4, 0.5) is 0 Å². The van der Waals surface area contributed by atoms with Crippen LogP contribution in [-0.4, -0.2) is 24.4 Å². The van der Waals surface area contributed by atoms with Gasteiger partial charge in [-0.2, -0.15) is 0 Å². The molecule has 0 aliphatic heterocycles. The van der Waals surface area contributed by atoms with Crippen molar-refractivity contribution in [1.29, 1.82) is 0 Å². The molecule has 0 unspecified atom stereocenters. The molecule has 0 aromatic heterocycles. The van der Waals surface area contributed by atoms with Crippen molar-refractivity contribution < 1.29 is 22.3 Å². The van der Waals surface area contributed by atoms with Gasteiger partial charge in [0, 0.05) is 12.1 Å². The Hall–Kier alpha value is -0.770. The zero-order chi connectivity index (χ0) is 11.3. The van der Waals surface area contributed by atoms with Crippen molar-refractivity contribution in [1.82, 2.24) is 5.32 Å². The second-order valence-electron chi connectivity index (χ2n) is 4.24. The Balaban J connectivity index is 0.00000225. The molecule has 1 aromatic carbocycles. The fourth-order valence-electron chi connectivity index (χ4n) is 1.14. The molecule has 0 bridgehead atoms. The molecule has 1 aromatic rings. The molecule has 3 nitrogen and oxygen atoms in total. The van der Waals surface area contributed by atoms with Crippen LogP contribution in [0, 0.1) is 0 Å². The molecule has 0 saturated carbocycles. The smallest absolute Gasteiger partial charge is 0.118 e. The van der Waals surface area contributed by atoms with Gasteiger partial charge in [-0.15, -0.1) is 0 Å². The lowest BCUT2D eigenvalue weighted by Crippen LogP contribution is -3.00. The van der Waals surface area contributed by atoms with Crippen LogP contribution in [0.3, 0.4) is 0 Å². The average Bonchev–Trinajstić information content (AvgIpc) is 2.27. The van der Waals surface area contributed by atoms with Gasteiger partial charge >= 0.3 is 0 Å². The van der Waals surface area contributed by atoms with Crippen LogP contribution < -0.4 is 22.5 Å². The first-order valence-corrected chi connectivity index (χ1v) is 5.06. The molecule has 0 fully saturated rings. The molecule has 4 heteroatoms. The van der Waals surface area contributed by atoms with Crippen LogP contribution in [-0.2, 0) is 6.54 Å². The van der Waals surface area contributed by atoms with E-state index in [4.69, 9.17) is 9.84 Å². The predicted molar refractivity (Wildman–Crippen MR) is 61.0 cm³/mol. The second-order valence-corrected chi connectivity index (χ2v) is 4.24. The Kier molecular flexibility index (Phi) is 6.41. The minimum absolute atomic E-state index is 0. The maximum absolute atomic E-state index is 9.07. The summed E-state index contributed by atoms with van der Waals surface area (Å²) in [5.41, 5.74) is 0.942. The van der Waals surface area contributed by atoms with Crippen molar-refractivity contribution in [3.8, 4) is 5.75 Å². The number of aliphatic hydroxyl groups excluding tert-OH is 1. The second kappa shape index (κ2) is 6.74. The van der Waals surface area contributed by atoms with Crippen molar-refractivity contribution in [2.24, 2.45) is 0 Å². The zero-order valence-electron chi connectivity index (χ0n) is 9.96. The van der Waals surface area contributed by atoms with Gasteiger partial charge in [-0.3, -0.25) is 0 Å². The van der Waals surface area contributed by atoms with Gasteiger partial charge in [0.15, 0.2) is 0 Å². The molecule has 0 spiro atoms. The van der Waals surface area contributed by atoms with E-state index in [1.165, 1.54) is 5.56 Å². The Morgan fingerprint density at radius 3 is 2.25 bits per heavy atom. The molecular formula is C12H19ClNO2-. The van der Waals surface area contributed by atoms with Gasteiger partial charge in [-0.05, 0) is 31.5 Å². The molecule has 1 rings (SSSR count). The monoisotopic (exact) mass is 244 g/mol. The fraction of sp³-hybridized carbons (Fsp3) is 0.500. The highest BCUT2D eigenvalue weighted by Crippen LogP contribution is 2.12. The average molecular weight is 245 g/mol. The fourth-order valence-corrected chi connectivity index (χ4v) is 1.14. The van der Waals surface area contributed by atoms with Gasteiger partial charge in [0.25, 0.3) is 0 Å². The van der Waals surface area contributed by atoms with Crippen LogP contribution in [0.25, 0.3) is 0 Å². The molecule has 92 valence electrons. The summed E-state index contributed by atoms with van der Waals surface area (Å²) >= 11 is 0. The van der Waals surface area contributed by atoms with Crippen molar-refractivity contribution in [2.75, 3.05) is 13.7 Å². The topological polar surface area (TPSA) is 41.5 Å². The van der Waals surface area contributed by atoms with Crippen LogP contribution >= 0.6 is 0 Å². The Morgan fingerprint density at radius 1 is 1.25 bits per heavy atom. The first-order valence-electron chi connectivity index (χ1n) is 5.06. The minimum Gasteiger partial charge on any atom is -1.00 e. The van der Waals surface area contributed by atoms with Gasteiger partial charge in [0.1, 0.15) is 5.75 Å². The molecule has 0 amide bonds. The number of methoxy groups -OCH3 is 1. The van der Waals surface area contributed by atoms with Gasteiger partial charge in [-0.25, -0.2) is 0 Å². The lowest BCUT2D eigenvalue weighted by Gasteiger charge is -2.23. The van der Waals surface area contributed by atoms with Gasteiger partial charge in [0.2, 0.25) is 0 Å². The molecule has 2 N–H and O–H groups in total. The summed E-state index contributed by atoms with van der Waals surface area (Å²) in [6.07, 6.45) is 0. The molecule has 0 aliphatic carbocycles. The van der Waals surface area contributed by atoms with Gasteiger partial charge in [0.05, 0.1) is 13.7 Å². The van der Waals surface area contributed by atoms with Gasteiger partial charge in [-0.1, -0.05) is 12.1 Å². The van der Waals surface area contributed by atoms with E-state index in [-0.39, 0.29) is 24.6 Å². The Bertz CT molecular complexity index is 298. The summed E-state index contributed by atoms with van der Waals surface area (Å²) in [6.45, 7) is 4.81. The van der Waals surface area contributed by atoms with E-state index in [1.54, 1.807) is 7.11 Å². The summed E-state index contributed by atoms with van der Waals surface area (Å²) in [4.78, 5) is 0. The molecule has 0 atom stereocenters. The SMILES string of the molecule is COc1ccc(CNC(C)(C)CO)cc1.[Cl-]. The number of nitrogens with one attached hydrogen (secondary N) is 1. The largest absolute Gasteiger partial charge is 1.00 e. The summed E-state index contributed by atoms with van der Waals surface area (Å²) in [6, 6.07) is 7.89. The number of benzene rings is 1. The van der Waals surface area contributed by atoms with Crippen LogP contribution in [0.2, 0.25) is 0 Å². The normalized spacial score (nSPS) is 10.8. The maximum Gasteiger partial charge on any atom is 0.118 e. The van der Waals surface area contributed by atoms with E-state index in [0.29, 0.717) is 0 Å². The summed E-state index contributed by atoms with van der Waals surface area (Å²) < 4.78 is 5.08. The maximum atomic E-state index is 9.07. The van der Waals surface area contributed by atoms with Gasteiger partial charge < -0.3 is 27.6 Å². The van der Waals surface area contributed by atoms with Crippen molar-refractivity contribution in [3.05, 3.63) is 29.8 Å².